The van der Waals surface area contributed by atoms with Crippen molar-refractivity contribution >= 4 is 34.1 Å². The number of H-pyrrole nitrogens is 1. The van der Waals surface area contributed by atoms with Gasteiger partial charge in [-0.25, -0.2) is 9.18 Å². The van der Waals surface area contributed by atoms with E-state index in [1.165, 1.54) is 17.0 Å². The number of nitrogens with one attached hydrogen (secondary N) is 2. The molecule has 2 N–H and O–H groups in total. The first-order valence-corrected chi connectivity index (χ1v) is 9.42. The van der Waals surface area contributed by atoms with E-state index < -0.39 is 17.9 Å². The molecule has 2 amide bonds. The Morgan fingerprint density at radius 2 is 2.13 bits per heavy atom. The van der Waals surface area contributed by atoms with E-state index in [4.69, 9.17) is 21.6 Å². The Morgan fingerprint density at radius 3 is 2.90 bits per heavy atom. The fraction of sp³-hybridized carbons (Fsp3) is 0.190. The lowest BCUT2D eigenvalue weighted by atomic mass is 9.96. The molecule has 2 heterocycles. The lowest BCUT2D eigenvalue weighted by Gasteiger charge is -2.33. The summed E-state index contributed by atoms with van der Waals surface area (Å²) in [5.41, 5.74) is 1.22. The number of nitriles is 1. The zero-order valence-electron chi connectivity index (χ0n) is 15.8. The SMILES string of the molecule is CN(C(=O)Nc1ccc(F)c(C#N)c1)[C@H]1COCc2[nH]c(=O)c3cc(Cl)ccc3c21. The number of likely N-dealkylation sites (N-methyl/N-ethyl adjacent to an activating group) is 1. The summed E-state index contributed by atoms with van der Waals surface area (Å²) in [6, 6.07) is 9.59. The molecule has 2 aromatic carbocycles. The van der Waals surface area contributed by atoms with Crippen LogP contribution >= 0.6 is 11.6 Å². The normalized spacial score (nSPS) is 15.3. The van der Waals surface area contributed by atoms with Crippen molar-refractivity contribution in [3.8, 4) is 6.07 Å². The minimum Gasteiger partial charge on any atom is -0.373 e. The van der Waals surface area contributed by atoms with Crippen molar-refractivity contribution < 1.29 is 13.9 Å². The number of hydrogen-bond donors (Lipinski definition) is 2. The van der Waals surface area contributed by atoms with E-state index in [1.807, 2.05) is 0 Å². The maximum atomic E-state index is 13.5. The molecule has 0 saturated heterocycles. The smallest absolute Gasteiger partial charge is 0.322 e. The van der Waals surface area contributed by atoms with E-state index in [-0.39, 0.29) is 24.3 Å². The first-order valence-electron chi connectivity index (χ1n) is 9.04. The summed E-state index contributed by atoms with van der Waals surface area (Å²) in [6.07, 6.45) is 0. The number of benzene rings is 2. The molecule has 0 bridgehead atoms. The van der Waals surface area contributed by atoms with Crippen LogP contribution in [0.3, 0.4) is 0 Å². The monoisotopic (exact) mass is 426 g/mol. The lowest BCUT2D eigenvalue weighted by Crippen LogP contribution is -2.39. The van der Waals surface area contributed by atoms with Crippen molar-refractivity contribution in [3.63, 3.8) is 0 Å². The van der Waals surface area contributed by atoms with E-state index in [0.29, 0.717) is 27.2 Å². The van der Waals surface area contributed by atoms with Crippen LogP contribution in [0.1, 0.15) is 22.9 Å². The molecule has 0 saturated carbocycles. The number of anilines is 1. The van der Waals surface area contributed by atoms with E-state index in [2.05, 4.69) is 10.3 Å². The minimum atomic E-state index is -0.660. The van der Waals surface area contributed by atoms with Gasteiger partial charge in [0.15, 0.2) is 0 Å². The molecule has 3 aromatic rings. The van der Waals surface area contributed by atoms with Crippen LogP contribution in [0.15, 0.2) is 41.2 Å². The molecule has 9 heteroatoms. The molecule has 0 fully saturated rings. The summed E-state index contributed by atoms with van der Waals surface area (Å²) >= 11 is 6.05. The molecule has 7 nitrogen and oxygen atoms in total. The summed E-state index contributed by atoms with van der Waals surface area (Å²) in [6.45, 7) is 0.451. The summed E-state index contributed by atoms with van der Waals surface area (Å²) in [5, 5.41) is 13.2. The van der Waals surface area contributed by atoms with Crippen LogP contribution in [0.5, 0.6) is 0 Å². The molecule has 1 aromatic heterocycles. The second kappa shape index (κ2) is 7.78. The van der Waals surface area contributed by atoms with Crippen molar-refractivity contribution in [2.24, 2.45) is 0 Å². The first-order chi connectivity index (χ1) is 14.4. The van der Waals surface area contributed by atoms with Crippen LogP contribution < -0.4 is 10.9 Å². The van der Waals surface area contributed by atoms with Gasteiger partial charge in [-0.3, -0.25) is 4.79 Å². The van der Waals surface area contributed by atoms with Crippen LogP contribution in [0.25, 0.3) is 10.8 Å². The van der Waals surface area contributed by atoms with Gasteiger partial charge in [0.05, 0.1) is 24.8 Å². The second-order valence-corrected chi connectivity index (χ2v) is 7.35. The van der Waals surface area contributed by atoms with Gasteiger partial charge in [0.1, 0.15) is 11.9 Å². The molecular weight excluding hydrogens is 411 g/mol. The van der Waals surface area contributed by atoms with Crippen molar-refractivity contribution in [2.75, 3.05) is 19.0 Å². The zero-order chi connectivity index (χ0) is 21.4. The van der Waals surface area contributed by atoms with Crippen LogP contribution in [0.2, 0.25) is 5.02 Å². The fourth-order valence-electron chi connectivity index (χ4n) is 3.57. The Balaban J connectivity index is 1.70. The van der Waals surface area contributed by atoms with E-state index in [0.717, 1.165) is 11.6 Å². The largest absolute Gasteiger partial charge is 0.373 e. The number of nitrogens with zero attached hydrogens (tertiary/aromatic N) is 2. The number of urea groups is 1. The Labute approximate surface area is 175 Å². The number of aromatic amines is 1. The standard InChI is InChI=1S/C21H16ClFN4O3/c1-27(21(29)25-13-3-5-16(23)11(6-13)8-24)18-10-30-9-17-19(18)14-4-2-12(22)7-15(14)20(28)26-17/h2-7,18H,9-10H2,1H3,(H,25,29)(H,26,28)/t18-/m0/s1. The van der Waals surface area contributed by atoms with Crippen molar-refractivity contribution in [2.45, 2.75) is 12.6 Å². The van der Waals surface area contributed by atoms with Gasteiger partial charge in [0, 0.05) is 34.4 Å². The number of rotatable bonds is 2. The molecule has 0 aliphatic carbocycles. The van der Waals surface area contributed by atoms with Crippen molar-refractivity contribution in [1.82, 2.24) is 9.88 Å². The van der Waals surface area contributed by atoms with Gasteiger partial charge in [-0.1, -0.05) is 17.7 Å². The Hall–Kier alpha value is -3.41. The Morgan fingerprint density at radius 1 is 1.33 bits per heavy atom. The fourth-order valence-corrected chi connectivity index (χ4v) is 3.74. The van der Waals surface area contributed by atoms with Gasteiger partial charge in [0.2, 0.25) is 0 Å². The number of hydrogen-bond acceptors (Lipinski definition) is 4. The van der Waals surface area contributed by atoms with Gasteiger partial charge in [0.25, 0.3) is 5.56 Å². The highest BCUT2D eigenvalue weighted by Crippen LogP contribution is 2.33. The molecule has 1 aliphatic rings. The van der Waals surface area contributed by atoms with E-state index >= 15 is 0 Å². The third-order valence-electron chi connectivity index (χ3n) is 5.09. The first kappa shape index (κ1) is 19.9. The highest BCUT2D eigenvalue weighted by Gasteiger charge is 2.30. The number of ether oxygens (including phenoxy) is 1. The highest BCUT2D eigenvalue weighted by atomic mass is 35.5. The number of pyridine rings is 1. The van der Waals surface area contributed by atoms with E-state index in [1.54, 1.807) is 31.3 Å². The van der Waals surface area contributed by atoms with Crippen molar-refractivity contribution in [3.05, 3.63) is 74.4 Å². The van der Waals surface area contributed by atoms with Gasteiger partial charge < -0.3 is 19.9 Å². The predicted octanol–water partition coefficient (Wildman–Crippen LogP) is 3.93. The molecule has 0 unspecified atom stereocenters. The predicted molar refractivity (Wildman–Crippen MR) is 110 cm³/mol. The maximum absolute atomic E-state index is 13.5. The zero-order valence-corrected chi connectivity index (χ0v) is 16.6. The molecule has 1 aliphatic heterocycles. The summed E-state index contributed by atoms with van der Waals surface area (Å²) in [7, 11) is 1.60. The summed E-state index contributed by atoms with van der Waals surface area (Å²) in [5.74, 6) is -0.660. The summed E-state index contributed by atoms with van der Waals surface area (Å²) < 4.78 is 19.1. The van der Waals surface area contributed by atoms with Crippen LogP contribution in [0.4, 0.5) is 14.9 Å². The van der Waals surface area contributed by atoms with Crippen LogP contribution in [-0.4, -0.2) is 29.6 Å². The maximum Gasteiger partial charge on any atom is 0.322 e. The lowest BCUT2D eigenvalue weighted by molar-refractivity contribution is 0.0527. The molecule has 30 heavy (non-hydrogen) atoms. The number of aromatic nitrogens is 1. The average Bonchev–Trinajstić information content (AvgIpc) is 2.74. The number of carbonyl (C=O) groups excluding carboxylic acids is 1. The van der Waals surface area contributed by atoms with Gasteiger partial charge in [-0.05, 0) is 35.7 Å². The quantitative estimate of drug-likeness (QED) is 0.648. The second-order valence-electron chi connectivity index (χ2n) is 6.91. The molecule has 4 rings (SSSR count). The third-order valence-corrected chi connectivity index (χ3v) is 5.32. The molecule has 1 atom stereocenters. The Kier molecular flexibility index (Phi) is 5.16. The number of fused-ring (bicyclic) bond motifs is 3. The van der Waals surface area contributed by atoms with E-state index in [9.17, 15) is 14.0 Å². The Bertz CT molecular complexity index is 1270. The molecule has 152 valence electrons. The highest BCUT2D eigenvalue weighted by molar-refractivity contribution is 6.31. The molecule has 0 radical (unpaired) electrons. The number of halogens is 2. The minimum absolute atomic E-state index is 0.165. The van der Waals surface area contributed by atoms with Gasteiger partial charge >= 0.3 is 6.03 Å². The van der Waals surface area contributed by atoms with Gasteiger partial charge in [-0.2, -0.15) is 5.26 Å². The van der Waals surface area contributed by atoms with Gasteiger partial charge in [-0.15, -0.1) is 0 Å². The molecule has 0 spiro atoms. The van der Waals surface area contributed by atoms with Crippen molar-refractivity contribution in [1.29, 1.82) is 5.26 Å². The van der Waals surface area contributed by atoms with Crippen LogP contribution in [-0.2, 0) is 11.3 Å². The number of amides is 2. The average molecular weight is 427 g/mol. The summed E-state index contributed by atoms with van der Waals surface area (Å²) in [4.78, 5) is 29.5. The van der Waals surface area contributed by atoms with Crippen LogP contribution in [0, 0.1) is 17.1 Å². The number of carbonyl (C=O) groups is 1. The third kappa shape index (κ3) is 3.49. The molecular formula is C21H16ClFN4O3. The topological polar surface area (TPSA) is 98.2 Å².